The van der Waals surface area contributed by atoms with Crippen LogP contribution in [0.2, 0.25) is 5.02 Å². The number of nitrogens with one attached hydrogen (secondary N) is 1. The third kappa shape index (κ3) is 5.78. The summed E-state index contributed by atoms with van der Waals surface area (Å²) in [5.74, 6) is 0.123. The van der Waals surface area contributed by atoms with E-state index in [9.17, 15) is 9.59 Å². The van der Waals surface area contributed by atoms with Gasteiger partial charge >= 0.3 is 12.1 Å². The van der Waals surface area contributed by atoms with Crippen LogP contribution < -0.4 is 5.32 Å². The molecule has 1 fully saturated rings. The lowest BCUT2D eigenvalue weighted by Gasteiger charge is -2.40. The van der Waals surface area contributed by atoms with E-state index in [1.54, 1.807) is 23.6 Å². The van der Waals surface area contributed by atoms with Crippen LogP contribution >= 0.6 is 11.6 Å². The summed E-state index contributed by atoms with van der Waals surface area (Å²) in [6.07, 6.45) is 1.59. The molecular formula is C30H36ClN7O4. The molecule has 1 aliphatic heterocycles. The first-order valence-corrected chi connectivity index (χ1v) is 14.3. The Balaban J connectivity index is 1.57. The predicted molar refractivity (Wildman–Crippen MR) is 160 cm³/mol. The first-order valence-electron chi connectivity index (χ1n) is 13.9. The fourth-order valence-electron chi connectivity index (χ4n) is 5.24. The van der Waals surface area contributed by atoms with Crippen molar-refractivity contribution in [3.05, 3.63) is 69.5 Å². The van der Waals surface area contributed by atoms with E-state index in [0.717, 1.165) is 22.2 Å². The largest absolute Gasteiger partial charge is 0.462 e. The van der Waals surface area contributed by atoms with Crippen molar-refractivity contribution in [2.45, 2.75) is 52.2 Å². The van der Waals surface area contributed by atoms with Crippen LogP contribution in [0.15, 0.2) is 36.5 Å². The predicted octanol–water partition coefficient (Wildman–Crippen LogP) is 5.38. The third-order valence-corrected chi connectivity index (χ3v) is 7.48. The second-order valence-electron chi connectivity index (χ2n) is 11.6. The van der Waals surface area contributed by atoms with Crippen LogP contribution in [-0.4, -0.2) is 66.8 Å². The van der Waals surface area contributed by atoms with Crippen molar-refractivity contribution in [1.29, 1.82) is 0 Å². The summed E-state index contributed by atoms with van der Waals surface area (Å²) in [5, 5.41) is 12.5. The minimum absolute atomic E-state index is 0.0556. The second-order valence-corrected chi connectivity index (χ2v) is 12.0. The van der Waals surface area contributed by atoms with E-state index in [4.69, 9.17) is 26.1 Å². The van der Waals surface area contributed by atoms with Gasteiger partial charge in [-0.2, -0.15) is 0 Å². The highest BCUT2D eigenvalue weighted by Crippen LogP contribution is 2.38. The van der Waals surface area contributed by atoms with Crippen molar-refractivity contribution < 1.29 is 19.1 Å². The number of esters is 1. The number of carbonyl (C=O) groups is 2. The number of rotatable bonds is 7. The minimum Gasteiger partial charge on any atom is -0.462 e. The molecule has 0 bridgehead atoms. The van der Waals surface area contributed by atoms with Gasteiger partial charge in [0.15, 0.2) is 5.65 Å². The number of benzene rings is 1. The Morgan fingerprint density at radius 2 is 1.86 bits per heavy atom. The van der Waals surface area contributed by atoms with Gasteiger partial charge in [-0.1, -0.05) is 28.9 Å². The Kier molecular flexibility index (Phi) is 7.89. The quantitative estimate of drug-likeness (QED) is 0.284. The number of aryl methyl sites for hydroxylation is 3. The molecule has 5 rings (SSSR count). The maximum atomic E-state index is 13.6. The summed E-state index contributed by atoms with van der Waals surface area (Å²) in [5.41, 5.74) is 4.58. The summed E-state index contributed by atoms with van der Waals surface area (Å²) in [7, 11) is 3.70. The van der Waals surface area contributed by atoms with Gasteiger partial charge in [-0.05, 0) is 69.5 Å². The summed E-state index contributed by atoms with van der Waals surface area (Å²) < 4.78 is 14.7. The number of anilines is 1. The zero-order valence-electron chi connectivity index (χ0n) is 24.9. The lowest BCUT2D eigenvalue weighted by Crippen LogP contribution is -2.50. The molecule has 1 saturated heterocycles. The van der Waals surface area contributed by atoms with Crippen molar-refractivity contribution in [3.8, 4) is 0 Å². The molecule has 1 unspecified atom stereocenters. The summed E-state index contributed by atoms with van der Waals surface area (Å²) in [6, 6.07) is 8.90. The zero-order valence-corrected chi connectivity index (χ0v) is 25.7. The van der Waals surface area contributed by atoms with Crippen molar-refractivity contribution in [2.24, 2.45) is 14.1 Å². The highest BCUT2D eigenvalue weighted by Gasteiger charge is 2.39. The van der Waals surface area contributed by atoms with E-state index in [2.05, 4.69) is 15.6 Å². The molecule has 0 aliphatic carbocycles. The number of ether oxygens (including phenoxy) is 2. The van der Waals surface area contributed by atoms with E-state index >= 15 is 0 Å². The number of nitrogens with zero attached hydrogens (tertiary/aromatic N) is 6. The van der Waals surface area contributed by atoms with E-state index in [1.807, 2.05) is 75.8 Å². The number of hydrogen-bond donors (Lipinski definition) is 1. The highest BCUT2D eigenvalue weighted by molar-refractivity contribution is 6.30. The average molecular weight is 594 g/mol. The van der Waals surface area contributed by atoms with Gasteiger partial charge in [-0.25, -0.2) is 19.3 Å². The van der Waals surface area contributed by atoms with Crippen LogP contribution in [0.25, 0.3) is 11.2 Å². The normalized spacial score (nSPS) is 14.5. The molecule has 1 N–H and O–H groups in total. The Morgan fingerprint density at radius 3 is 2.50 bits per heavy atom. The van der Waals surface area contributed by atoms with Crippen LogP contribution in [-0.2, 0) is 23.6 Å². The maximum absolute atomic E-state index is 13.6. The van der Waals surface area contributed by atoms with Gasteiger partial charge in [0.05, 0.1) is 23.9 Å². The fourth-order valence-corrected chi connectivity index (χ4v) is 5.37. The van der Waals surface area contributed by atoms with Crippen molar-refractivity contribution in [3.63, 3.8) is 0 Å². The number of amides is 1. The third-order valence-electron chi connectivity index (χ3n) is 7.23. The number of aromatic nitrogens is 5. The molecular weight excluding hydrogens is 558 g/mol. The lowest BCUT2D eigenvalue weighted by atomic mass is 9.88. The van der Waals surface area contributed by atoms with Crippen LogP contribution in [0.5, 0.6) is 0 Å². The van der Waals surface area contributed by atoms with E-state index in [-0.39, 0.29) is 18.6 Å². The Bertz CT molecular complexity index is 1630. The molecule has 42 heavy (non-hydrogen) atoms. The number of pyridine rings is 1. The van der Waals surface area contributed by atoms with Gasteiger partial charge in [0.25, 0.3) is 0 Å². The second kappa shape index (κ2) is 11.3. The SMILES string of the molecule is CCOC(=O)c1c(C2CN(C(=O)OC(C)(C)C)C2)cn(C)c1C(Nc1cc(C)c2nnn(C)c2n1)c1ccc(Cl)cc1. The lowest BCUT2D eigenvalue weighted by molar-refractivity contribution is 0.00812. The zero-order chi connectivity index (χ0) is 30.3. The van der Waals surface area contributed by atoms with Crippen LogP contribution in [0.3, 0.4) is 0 Å². The monoisotopic (exact) mass is 593 g/mol. The van der Waals surface area contributed by atoms with Crippen LogP contribution in [0, 0.1) is 6.92 Å². The molecule has 1 aliphatic rings. The molecule has 222 valence electrons. The van der Waals surface area contributed by atoms with Crippen LogP contribution in [0.1, 0.15) is 72.4 Å². The molecule has 0 spiro atoms. The van der Waals surface area contributed by atoms with Crippen molar-refractivity contribution in [1.82, 2.24) is 29.4 Å². The maximum Gasteiger partial charge on any atom is 0.410 e. The number of fused-ring (bicyclic) bond motifs is 1. The minimum atomic E-state index is -0.587. The summed E-state index contributed by atoms with van der Waals surface area (Å²) >= 11 is 6.25. The highest BCUT2D eigenvalue weighted by atomic mass is 35.5. The van der Waals surface area contributed by atoms with Crippen molar-refractivity contribution in [2.75, 3.05) is 25.0 Å². The number of carbonyl (C=O) groups excluding carboxylic acids is 2. The Morgan fingerprint density at radius 1 is 1.17 bits per heavy atom. The average Bonchev–Trinajstić information content (AvgIpc) is 3.41. The Labute approximate surface area is 249 Å². The number of halogens is 1. The van der Waals surface area contributed by atoms with Gasteiger partial charge in [-0.3, -0.25) is 0 Å². The van der Waals surface area contributed by atoms with Gasteiger partial charge in [0, 0.05) is 44.3 Å². The van der Waals surface area contributed by atoms with Gasteiger partial charge in [0.2, 0.25) is 0 Å². The van der Waals surface area contributed by atoms with E-state index in [0.29, 0.717) is 40.8 Å². The Hall–Kier alpha value is -4.12. The van der Waals surface area contributed by atoms with Gasteiger partial charge in [0.1, 0.15) is 16.9 Å². The van der Waals surface area contributed by atoms with Crippen molar-refractivity contribution >= 4 is 40.6 Å². The molecule has 1 atom stereocenters. The summed E-state index contributed by atoms with van der Waals surface area (Å²) in [6.45, 7) is 10.4. The molecule has 1 aromatic carbocycles. The molecule has 3 aromatic heterocycles. The molecule has 4 aromatic rings. The molecule has 4 heterocycles. The standard InChI is InChI=1S/C30H36ClN7O4/c1-8-41-28(39)23-21(19-14-38(15-19)29(40)42-30(3,4)5)16-36(6)26(23)25(18-9-11-20(31)12-10-18)32-22-13-17(2)24-27(33-22)37(7)35-34-24/h9-13,16,19,25H,8,14-15H2,1-7H3,(H,32,33). The molecule has 0 radical (unpaired) electrons. The topological polar surface area (TPSA) is 116 Å². The fraction of sp³-hybridized carbons (Fsp3) is 0.433. The van der Waals surface area contributed by atoms with Gasteiger partial charge < -0.3 is 24.3 Å². The molecule has 11 nitrogen and oxygen atoms in total. The first kappa shape index (κ1) is 29.4. The van der Waals surface area contributed by atoms with E-state index in [1.165, 1.54) is 0 Å². The molecule has 0 saturated carbocycles. The van der Waals surface area contributed by atoms with E-state index < -0.39 is 17.6 Å². The molecule has 1 amide bonds. The number of hydrogen-bond acceptors (Lipinski definition) is 8. The molecule has 12 heteroatoms. The van der Waals surface area contributed by atoms with Gasteiger partial charge in [-0.15, -0.1) is 5.10 Å². The smallest absolute Gasteiger partial charge is 0.410 e. The summed E-state index contributed by atoms with van der Waals surface area (Å²) in [4.78, 5) is 32.7. The number of likely N-dealkylation sites (tertiary alicyclic amines) is 1. The van der Waals surface area contributed by atoms with Crippen LogP contribution in [0.4, 0.5) is 10.6 Å². The first-order chi connectivity index (χ1) is 19.9.